The molecule has 3 heterocycles. The summed E-state index contributed by atoms with van der Waals surface area (Å²) in [6, 6.07) is 1.84. The van der Waals surface area contributed by atoms with E-state index in [0.717, 1.165) is 18.4 Å². The number of esters is 2. The van der Waals surface area contributed by atoms with Gasteiger partial charge in [-0.05, 0) is 48.7 Å². The van der Waals surface area contributed by atoms with Gasteiger partial charge in [0, 0.05) is 28.7 Å². The van der Waals surface area contributed by atoms with Crippen LogP contribution in [0.1, 0.15) is 72.5 Å². The Morgan fingerprint density at radius 2 is 1.83 bits per heavy atom. The Bertz CT molecular complexity index is 1150. The van der Waals surface area contributed by atoms with Gasteiger partial charge in [0.25, 0.3) is 0 Å². The van der Waals surface area contributed by atoms with E-state index in [4.69, 9.17) is 18.6 Å². The maximum absolute atomic E-state index is 13.2. The highest BCUT2D eigenvalue weighted by Gasteiger charge is 2.88. The molecule has 0 aromatic carbocycles. The molecule has 5 aliphatic rings. The van der Waals surface area contributed by atoms with Crippen LogP contribution < -0.4 is 0 Å². The average molecular weight is 483 g/mol. The van der Waals surface area contributed by atoms with Gasteiger partial charge in [-0.3, -0.25) is 9.59 Å². The van der Waals surface area contributed by atoms with Gasteiger partial charge in [-0.25, -0.2) is 4.79 Å². The standard InChI is InChI=1S/C28H34O7/c1-15(29)33-20-13-18-24(2,3)19(30)8-10-25(18,4)17-7-11-26(5)21(16-9-12-32-14-16)34-23(31)22-28(26,35-22)27(17,20)6/h8-10,12,14,17-18,20-22H,7,11,13H2,1-6H3/t17-,18+,20+,21-,22+,25+,26-,27-,28-/m1/s1. The van der Waals surface area contributed by atoms with E-state index in [1.54, 1.807) is 18.6 Å². The van der Waals surface area contributed by atoms with Crippen molar-refractivity contribution in [2.45, 2.75) is 84.7 Å². The van der Waals surface area contributed by atoms with Crippen molar-refractivity contribution in [3.05, 3.63) is 36.3 Å². The summed E-state index contributed by atoms with van der Waals surface area (Å²) in [7, 11) is 0. The summed E-state index contributed by atoms with van der Waals surface area (Å²) in [5.74, 6) is -0.603. The topological polar surface area (TPSA) is 95.3 Å². The molecular formula is C28H34O7. The molecule has 0 N–H and O–H groups in total. The summed E-state index contributed by atoms with van der Waals surface area (Å²) in [6.07, 6.45) is 7.46. The number of allylic oxidation sites excluding steroid dienone is 2. The molecule has 35 heavy (non-hydrogen) atoms. The fourth-order valence-corrected chi connectivity index (χ4v) is 9.20. The molecule has 0 unspecified atom stereocenters. The van der Waals surface area contributed by atoms with Gasteiger partial charge in [-0.15, -0.1) is 0 Å². The van der Waals surface area contributed by atoms with Gasteiger partial charge in [-0.2, -0.15) is 0 Å². The lowest BCUT2D eigenvalue weighted by Gasteiger charge is -2.68. The Balaban J connectivity index is 1.55. The molecule has 0 amide bonds. The Hall–Kier alpha value is -2.41. The first-order chi connectivity index (χ1) is 16.3. The van der Waals surface area contributed by atoms with Crippen LogP contribution in [-0.2, 0) is 28.6 Å². The lowest BCUT2D eigenvalue weighted by Crippen LogP contribution is -2.72. The molecule has 2 saturated carbocycles. The predicted molar refractivity (Wildman–Crippen MR) is 124 cm³/mol. The Morgan fingerprint density at radius 3 is 2.49 bits per heavy atom. The van der Waals surface area contributed by atoms with Crippen molar-refractivity contribution in [1.29, 1.82) is 0 Å². The number of rotatable bonds is 2. The summed E-state index contributed by atoms with van der Waals surface area (Å²) < 4.78 is 24.0. The third kappa shape index (κ3) is 2.48. The zero-order valence-corrected chi connectivity index (χ0v) is 21.3. The van der Waals surface area contributed by atoms with Crippen molar-refractivity contribution >= 4 is 17.7 Å². The van der Waals surface area contributed by atoms with E-state index in [9.17, 15) is 14.4 Å². The van der Waals surface area contributed by atoms with Crippen LogP contribution in [0, 0.1) is 33.5 Å². The second kappa shape index (κ2) is 6.67. The van der Waals surface area contributed by atoms with E-state index in [-0.39, 0.29) is 35.0 Å². The summed E-state index contributed by atoms with van der Waals surface area (Å²) in [5.41, 5.74) is -2.15. The maximum Gasteiger partial charge on any atom is 0.339 e. The molecule has 1 spiro atoms. The summed E-state index contributed by atoms with van der Waals surface area (Å²) in [4.78, 5) is 38.6. The Morgan fingerprint density at radius 1 is 1.09 bits per heavy atom. The van der Waals surface area contributed by atoms with Gasteiger partial charge < -0.3 is 18.6 Å². The fourth-order valence-electron chi connectivity index (χ4n) is 9.20. The van der Waals surface area contributed by atoms with Gasteiger partial charge in [0.1, 0.15) is 17.8 Å². The smallest absolute Gasteiger partial charge is 0.339 e. The molecule has 2 saturated heterocycles. The van der Waals surface area contributed by atoms with Crippen LogP contribution in [0.15, 0.2) is 35.2 Å². The first-order valence-electron chi connectivity index (χ1n) is 12.7. The molecule has 7 nitrogen and oxygen atoms in total. The van der Waals surface area contributed by atoms with E-state index < -0.39 is 40.2 Å². The van der Waals surface area contributed by atoms with Gasteiger partial charge in [0.2, 0.25) is 0 Å². The van der Waals surface area contributed by atoms with Crippen molar-refractivity contribution in [1.82, 2.24) is 0 Å². The van der Waals surface area contributed by atoms with Gasteiger partial charge in [0.05, 0.1) is 12.5 Å². The molecule has 9 atom stereocenters. The number of carbonyl (C=O) groups excluding carboxylic acids is 3. The van der Waals surface area contributed by atoms with Crippen LogP contribution >= 0.6 is 0 Å². The Labute approximate surface area is 205 Å². The molecule has 4 fully saturated rings. The molecule has 6 rings (SSSR count). The van der Waals surface area contributed by atoms with E-state index in [2.05, 4.69) is 26.8 Å². The highest BCUT2D eigenvalue weighted by atomic mass is 16.7. The van der Waals surface area contributed by atoms with E-state index in [1.165, 1.54) is 6.92 Å². The highest BCUT2D eigenvalue weighted by molar-refractivity contribution is 5.95. The number of furan rings is 1. The van der Waals surface area contributed by atoms with Crippen LogP contribution in [0.4, 0.5) is 0 Å². The molecule has 3 aliphatic carbocycles. The number of ketones is 1. The maximum atomic E-state index is 13.2. The zero-order chi connectivity index (χ0) is 25.2. The summed E-state index contributed by atoms with van der Waals surface area (Å²) >= 11 is 0. The molecule has 1 aromatic heterocycles. The number of cyclic esters (lactones) is 1. The fraction of sp³-hybridized carbons (Fsp3) is 0.679. The predicted octanol–water partition coefficient (Wildman–Crippen LogP) is 4.56. The minimum Gasteiger partial charge on any atom is -0.472 e. The number of hydrogen-bond acceptors (Lipinski definition) is 7. The van der Waals surface area contributed by atoms with E-state index in [0.29, 0.717) is 6.42 Å². The highest BCUT2D eigenvalue weighted by Crippen LogP contribution is 2.79. The lowest BCUT2D eigenvalue weighted by atomic mass is 9.35. The summed E-state index contributed by atoms with van der Waals surface area (Å²) in [5, 5.41) is 0. The minimum absolute atomic E-state index is 0.00639. The van der Waals surface area contributed by atoms with Gasteiger partial charge >= 0.3 is 11.9 Å². The molecule has 0 bridgehead atoms. The largest absolute Gasteiger partial charge is 0.472 e. The van der Waals surface area contributed by atoms with Crippen molar-refractivity contribution < 1.29 is 33.0 Å². The number of hydrogen-bond donors (Lipinski definition) is 0. The molecule has 1 aromatic rings. The van der Waals surface area contributed by atoms with Crippen molar-refractivity contribution in [3.63, 3.8) is 0 Å². The number of fused-ring (bicyclic) bond motifs is 3. The zero-order valence-electron chi connectivity index (χ0n) is 21.3. The molecule has 0 radical (unpaired) electrons. The molecule has 2 aliphatic heterocycles. The van der Waals surface area contributed by atoms with Crippen molar-refractivity contribution in [2.75, 3.05) is 0 Å². The second-order valence-corrected chi connectivity index (χ2v) is 12.6. The number of ether oxygens (including phenoxy) is 3. The van der Waals surface area contributed by atoms with Crippen LogP contribution in [-0.4, -0.2) is 35.5 Å². The molecule has 7 heteroatoms. The first kappa shape index (κ1) is 23.0. The number of epoxide rings is 1. The van der Waals surface area contributed by atoms with Crippen LogP contribution in [0.3, 0.4) is 0 Å². The van der Waals surface area contributed by atoms with E-state index in [1.807, 2.05) is 19.9 Å². The molecule has 188 valence electrons. The van der Waals surface area contributed by atoms with Crippen molar-refractivity contribution in [3.8, 4) is 0 Å². The normalized spacial score (nSPS) is 49.1. The molecular weight excluding hydrogens is 448 g/mol. The second-order valence-electron chi connectivity index (χ2n) is 12.6. The van der Waals surface area contributed by atoms with Gasteiger partial charge in [0.15, 0.2) is 11.9 Å². The lowest BCUT2D eigenvalue weighted by molar-refractivity contribution is -0.251. The van der Waals surface area contributed by atoms with Crippen LogP contribution in [0.5, 0.6) is 0 Å². The quantitative estimate of drug-likeness (QED) is 0.450. The van der Waals surface area contributed by atoms with Crippen LogP contribution in [0.25, 0.3) is 0 Å². The van der Waals surface area contributed by atoms with Crippen molar-refractivity contribution in [2.24, 2.45) is 33.5 Å². The number of carbonyl (C=O) groups is 3. The summed E-state index contributed by atoms with van der Waals surface area (Å²) in [6.45, 7) is 12.0. The Kier molecular flexibility index (Phi) is 4.38. The minimum atomic E-state index is -0.853. The van der Waals surface area contributed by atoms with E-state index >= 15 is 0 Å². The average Bonchev–Trinajstić information content (AvgIpc) is 3.35. The first-order valence-corrected chi connectivity index (χ1v) is 12.7. The third-order valence-electron chi connectivity index (χ3n) is 10.8. The third-order valence-corrected chi connectivity index (χ3v) is 10.8. The van der Waals surface area contributed by atoms with Gasteiger partial charge in [-0.1, -0.05) is 40.7 Å². The SMILES string of the molecule is CC(=O)O[C@H]1C[C@H]2C(C)(C)C(=O)C=C[C@@]2(C)[C@H]2CC[C@]3(C)[C@@H](c4ccoc4)OC(=O)[C@@H]4O[C@]43[C@@]12C. The monoisotopic (exact) mass is 482 g/mol. The van der Waals surface area contributed by atoms with Crippen LogP contribution in [0.2, 0.25) is 0 Å².